The predicted molar refractivity (Wildman–Crippen MR) is 118 cm³/mol. The monoisotopic (exact) mass is 456 g/mol. The molecular weight excluding hydrogens is 438 g/mol. The molecule has 32 heavy (non-hydrogen) atoms. The Hall–Kier alpha value is -3.60. The Morgan fingerprint density at radius 3 is 2.62 bits per heavy atom. The fourth-order valence-electron chi connectivity index (χ4n) is 2.98. The number of aromatic amines is 1. The number of benzene rings is 1. The first-order chi connectivity index (χ1) is 15.5. The number of hydrogen-bond donors (Lipinski definition) is 2. The lowest BCUT2D eigenvalue weighted by molar-refractivity contribution is 0.103. The van der Waals surface area contributed by atoms with E-state index in [1.807, 2.05) is 6.92 Å². The first kappa shape index (κ1) is 21.6. The molecule has 2 N–H and O–H groups in total. The minimum absolute atomic E-state index is 0.0430. The van der Waals surface area contributed by atoms with E-state index in [1.54, 1.807) is 24.7 Å². The number of rotatable bonds is 8. The van der Waals surface area contributed by atoms with Crippen LogP contribution >= 0.6 is 11.9 Å². The zero-order valence-electron chi connectivity index (χ0n) is 17.1. The summed E-state index contributed by atoms with van der Waals surface area (Å²) in [6.45, 7) is 1.95. The zero-order chi connectivity index (χ0) is 22.7. The summed E-state index contributed by atoms with van der Waals surface area (Å²) in [5.74, 6) is -1.75. The van der Waals surface area contributed by atoms with Crippen LogP contribution in [0.3, 0.4) is 0 Å². The van der Waals surface area contributed by atoms with E-state index in [9.17, 15) is 9.18 Å². The molecule has 0 amide bonds. The Kier molecular flexibility index (Phi) is 6.26. The molecule has 0 radical (unpaired) electrons. The number of ketones is 1. The van der Waals surface area contributed by atoms with Crippen molar-refractivity contribution in [3.8, 4) is 17.1 Å². The number of carbonyl (C=O) groups is 1. The van der Waals surface area contributed by atoms with Crippen molar-refractivity contribution in [2.45, 2.75) is 13.3 Å². The first-order valence-electron chi connectivity index (χ1n) is 9.64. The maximum Gasteiger partial charge on any atom is 0.316 e. The van der Waals surface area contributed by atoms with E-state index in [1.165, 1.54) is 19.1 Å². The van der Waals surface area contributed by atoms with Crippen molar-refractivity contribution in [3.63, 3.8) is 0 Å². The van der Waals surface area contributed by atoms with Crippen LogP contribution in [0.15, 0.2) is 36.8 Å². The van der Waals surface area contributed by atoms with Gasteiger partial charge in [0.1, 0.15) is 17.2 Å². The van der Waals surface area contributed by atoms with Crippen LogP contribution in [-0.2, 0) is 0 Å². The van der Waals surface area contributed by atoms with Gasteiger partial charge in [-0.25, -0.2) is 23.7 Å². The van der Waals surface area contributed by atoms with Gasteiger partial charge in [-0.1, -0.05) is 18.9 Å². The lowest BCUT2D eigenvalue weighted by Crippen LogP contribution is -2.08. The number of nitrogens with zero attached hydrogens (tertiary/aromatic N) is 4. The average molecular weight is 456 g/mol. The highest BCUT2D eigenvalue weighted by molar-refractivity contribution is 8.00. The molecule has 0 bridgehead atoms. The third-order valence-corrected chi connectivity index (χ3v) is 5.56. The molecule has 0 aliphatic heterocycles. The first-order valence-corrected chi connectivity index (χ1v) is 10.6. The minimum atomic E-state index is -0.964. The van der Waals surface area contributed by atoms with Crippen LogP contribution in [0.2, 0.25) is 0 Å². The molecule has 0 aliphatic rings. The number of H-pyrrole nitrogens is 1. The summed E-state index contributed by atoms with van der Waals surface area (Å²) >= 11 is 1.17. The fraction of sp³-hybridized carbons (Fsp3) is 0.190. The standard InChI is InChI=1S/C21H18F2N6O2S/c1-3-6-32-29-18-15(22)5-4-13(16(18)23)19(30)17-14-7-11(8-24-20(14)28-27-17)12-9-25-21(31-2)26-10-12/h4-5,7-10,29H,3,6H2,1-2H3,(H,24,27,28). The van der Waals surface area contributed by atoms with Gasteiger partial charge in [0.25, 0.3) is 0 Å². The van der Waals surface area contributed by atoms with E-state index in [-0.39, 0.29) is 28.6 Å². The molecule has 4 rings (SSSR count). The third kappa shape index (κ3) is 4.11. The third-order valence-electron chi connectivity index (χ3n) is 4.60. The molecule has 3 heterocycles. The Labute approximate surface area is 186 Å². The molecule has 0 spiro atoms. The fourth-order valence-corrected chi connectivity index (χ4v) is 3.62. The van der Waals surface area contributed by atoms with Crippen LogP contribution in [0.1, 0.15) is 29.4 Å². The molecule has 3 aromatic heterocycles. The Bertz CT molecular complexity index is 1280. The maximum absolute atomic E-state index is 15.0. The Morgan fingerprint density at radius 1 is 1.16 bits per heavy atom. The van der Waals surface area contributed by atoms with Crippen LogP contribution < -0.4 is 9.46 Å². The summed E-state index contributed by atoms with van der Waals surface area (Å²) in [5, 5.41) is 7.05. The molecule has 0 aliphatic carbocycles. The quantitative estimate of drug-likeness (QED) is 0.228. The summed E-state index contributed by atoms with van der Waals surface area (Å²) in [6, 6.07) is 4.07. The molecule has 11 heteroatoms. The number of anilines is 1. The normalized spacial score (nSPS) is 11.0. The molecule has 4 aromatic rings. The number of fused-ring (bicyclic) bond motifs is 1. The maximum atomic E-state index is 15.0. The summed E-state index contributed by atoms with van der Waals surface area (Å²) in [4.78, 5) is 25.5. The second-order valence-electron chi connectivity index (χ2n) is 6.72. The number of methoxy groups -OCH3 is 1. The number of ether oxygens (including phenoxy) is 1. The predicted octanol–water partition coefficient (Wildman–Crippen LogP) is 4.40. The van der Waals surface area contributed by atoms with E-state index >= 15 is 4.39 Å². The van der Waals surface area contributed by atoms with E-state index < -0.39 is 17.4 Å². The second kappa shape index (κ2) is 9.27. The van der Waals surface area contributed by atoms with Gasteiger partial charge in [-0.15, -0.1) is 0 Å². The van der Waals surface area contributed by atoms with Gasteiger partial charge in [-0.05, 0) is 24.6 Å². The van der Waals surface area contributed by atoms with Gasteiger partial charge in [0.15, 0.2) is 11.5 Å². The lowest BCUT2D eigenvalue weighted by atomic mass is 10.0. The van der Waals surface area contributed by atoms with Gasteiger partial charge in [0, 0.05) is 35.5 Å². The molecule has 164 valence electrons. The highest BCUT2D eigenvalue weighted by atomic mass is 32.2. The number of halogens is 2. The van der Waals surface area contributed by atoms with E-state index in [0.717, 1.165) is 18.6 Å². The number of aromatic nitrogens is 5. The van der Waals surface area contributed by atoms with Crippen LogP contribution in [-0.4, -0.2) is 43.8 Å². The van der Waals surface area contributed by atoms with Crippen molar-refractivity contribution in [2.75, 3.05) is 17.6 Å². The van der Waals surface area contributed by atoms with E-state index in [2.05, 4.69) is 29.9 Å². The van der Waals surface area contributed by atoms with Crippen molar-refractivity contribution < 1.29 is 18.3 Å². The van der Waals surface area contributed by atoms with Gasteiger partial charge >= 0.3 is 6.01 Å². The number of pyridine rings is 1. The van der Waals surface area contributed by atoms with Crippen LogP contribution in [0.25, 0.3) is 22.2 Å². The highest BCUT2D eigenvalue weighted by Crippen LogP contribution is 2.29. The molecule has 0 fully saturated rings. The Balaban J connectivity index is 1.72. The van der Waals surface area contributed by atoms with Gasteiger partial charge < -0.3 is 9.46 Å². The average Bonchev–Trinajstić information content (AvgIpc) is 3.24. The van der Waals surface area contributed by atoms with Gasteiger partial charge in [-0.3, -0.25) is 9.89 Å². The zero-order valence-corrected chi connectivity index (χ0v) is 18.0. The highest BCUT2D eigenvalue weighted by Gasteiger charge is 2.23. The van der Waals surface area contributed by atoms with Crippen molar-refractivity contribution in [1.29, 1.82) is 0 Å². The van der Waals surface area contributed by atoms with Crippen molar-refractivity contribution in [1.82, 2.24) is 25.1 Å². The molecule has 0 atom stereocenters. The molecule has 0 saturated heterocycles. The largest absolute Gasteiger partial charge is 0.467 e. The van der Waals surface area contributed by atoms with Gasteiger partial charge in [0.05, 0.1) is 18.1 Å². The molecular formula is C21H18F2N6O2S. The number of hydrogen-bond acceptors (Lipinski definition) is 8. The van der Waals surface area contributed by atoms with Crippen LogP contribution in [0.5, 0.6) is 6.01 Å². The number of nitrogens with one attached hydrogen (secondary N) is 2. The molecule has 8 nitrogen and oxygen atoms in total. The summed E-state index contributed by atoms with van der Waals surface area (Å²) in [7, 11) is 1.46. The topological polar surface area (TPSA) is 106 Å². The van der Waals surface area contributed by atoms with Crippen molar-refractivity contribution in [3.05, 3.63) is 59.7 Å². The summed E-state index contributed by atoms with van der Waals surface area (Å²) in [5.41, 5.74) is 0.968. The van der Waals surface area contributed by atoms with Crippen LogP contribution in [0.4, 0.5) is 14.5 Å². The van der Waals surface area contributed by atoms with Crippen LogP contribution in [0, 0.1) is 11.6 Å². The van der Waals surface area contributed by atoms with Gasteiger partial charge in [-0.2, -0.15) is 5.10 Å². The number of carbonyl (C=O) groups excluding carboxylic acids is 1. The summed E-state index contributed by atoms with van der Waals surface area (Å²) < 4.78 is 36.7. The Morgan fingerprint density at radius 2 is 1.91 bits per heavy atom. The van der Waals surface area contributed by atoms with Crippen molar-refractivity contribution >= 4 is 34.5 Å². The second-order valence-corrected chi connectivity index (χ2v) is 7.62. The minimum Gasteiger partial charge on any atom is -0.467 e. The smallest absolute Gasteiger partial charge is 0.316 e. The summed E-state index contributed by atoms with van der Waals surface area (Å²) in [6.07, 6.45) is 5.51. The van der Waals surface area contributed by atoms with Crippen molar-refractivity contribution in [2.24, 2.45) is 0 Å². The lowest BCUT2D eigenvalue weighted by Gasteiger charge is -2.10. The molecule has 0 unspecified atom stereocenters. The van der Waals surface area contributed by atoms with Gasteiger partial charge in [0.2, 0.25) is 5.78 Å². The molecule has 1 aromatic carbocycles. The SMILES string of the molecule is CCCSNc1c(F)ccc(C(=O)c2[nH]nc3ncc(-c4cnc(OC)nc4)cc23)c1F. The van der Waals surface area contributed by atoms with E-state index in [0.29, 0.717) is 22.3 Å². The molecule has 0 saturated carbocycles. The van der Waals surface area contributed by atoms with E-state index in [4.69, 9.17) is 4.74 Å².